The molecule has 1 aromatic heterocycles. The van der Waals surface area contributed by atoms with E-state index in [1.165, 1.54) is 18.3 Å². The topological polar surface area (TPSA) is 53.8 Å². The van der Waals surface area contributed by atoms with Gasteiger partial charge < -0.3 is 0 Å². The van der Waals surface area contributed by atoms with Crippen LogP contribution in [0.15, 0.2) is 42.6 Å². The Balaban J connectivity index is 2.43. The lowest BCUT2D eigenvalue weighted by molar-refractivity contribution is 0.0973. The van der Waals surface area contributed by atoms with Crippen molar-refractivity contribution < 1.29 is 9.18 Å². The summed E-state index contributed by atoms with van der Waals surface area (Å²) >= 11 is 5.74. The maximum atomic E-state index is 13.6. The molecule has 2 rings (SSSR count). The van der Waals surface area contributed by atoms with Gasteiger partial charge in [0.05, 0.1) is 17.3 Å². The second kappa shape index (κ2) is 5.59. The highest BCUT2D eigenvalue weighted by atomic mass is 35.5. The Labute approximate surface area is 114 Å². The third-order valence-electron chi connectivity index (χ3n) is 2.57. The number of aromatic nitrogens is 1. The first-order valence-electron chi connectivity index (χ1n) is 5.43. The number of carbonyl (C=O) groups excluding carboxylic acids is 1. The van der Waals surface area contributed by atoms with Crippen LogP contribution in [0.25, 0.3) is 0 Å². The molecule has 19 heavy (non-hydrogen) atoms. The molecule has 5 heteroatoms. The smallest absolute Gasteiger partial charge is 0.189 e. The number of benzene rings is 1. The third kappa shape index (κ3) is 2.78. The minimum absolute atomic E-state index is 0.204. The monoisotopic (exact) mass is 274 g/mol. The van der Waals surface area contributed by atoms with Crippen LogP contribution in [-0.2, 0) is 0 Å². The summed E-state index contributed by atoms with van der Waals surface area (Å²) in [5, 5.41) is 9.34. The molecule has 0 aliphatic rings. The van der Waals surface area contributed by atoms with Crippen LogP contribution in [0, 0.1) is 17.1 Å². The van der Waals surface area contributed by atoms with E-state index in [-0.39, 0.29) is 16.3 Å². The van der Waals surface area contributed by atoms with Crippen LogP contribution >= 0.6 is 11.6 Å². The quantitative estimate of drug-likeness (QED) is 0.807. The Morgan fingerprint density at radius 3 is 2.79 bits per heavy atom. The average Bonchev–Trinajstić information content (AvgIpc) is 2.43. The van der Waals surface area contributed by atoms with Crippen LogP contribution in [-0.4, -0.2) is 10.8 Å². The highest BCUT2D eigenvalue weighted by molar-refractivity contribution is 6.31. The molecule has 1 heterocycles. The first-order chi connectivity index (χ1) is 9.13. The number of nitrogens with zero attached hydrogens (tertiary/aromatic N) is 2. The Morgan fingerprint density at radius 1 is 1.37 bits per heavy atom. The van der Waals surface area contributed by atoms with Crippen molar-refractivity contribution in [3.05, 3.63) is 64.7 Å². The van der Waals surface area contributed by atoms with Gasteiger partial charge in [0.25, 0.3) is 0 Å². The van der Waals surface area contributed by atoms with Crippen molar-refractivity contribution in [2.24, 2.45) is 0 Å². The highest BCUT2D eigenvalue weighted by Crippen LogP contribution is 2.22. The predicted octanol–water partition coefficient (Wildman–Crippen LogP) is 3.36. The largest absolute Gasteiger partial charge is 0.292 e. The standard InChI is InChI=1S/C14H8ClFN2O/c15-9-4-5-12(16)10(7-9)14(19)11(8-17)13-3-1-2-6-18-13/h1-7,11H. The molecular weight excluding hydrogens is 267 g/mol. The number of halogens is 2. The van der Waals surface area contributed by atoms with Crippen LogP contribution in [0.4, 0.5) is 4.39 Å². The molecule has 1 unspecified atom stereocenters. The Hall–Kier alpha value is -2.25. The summed E-state index contributed by atoms with van der Waals surface area (Å²) in [7, 11) is 0. The van der Waals surface area contributed by atoms with Crippen molar-refractivity contribution >= 4 is 17.4 Å². The first-order valence-corrected chi connectivity index (χ1v) is 5.81. The van der Waals surface area contributed by atoms with Crippen molar-refractivity contribution in [1.29, 1.82) is 5.26 Å². The van der Waals surface area contributed by atoms with Crippen LogP contribution in [0.2, 0.25) is 5.02 Å². The van der Waals surface area contributed by atoms with Gasteiger partial charge in [0.1, 0.15) is 5.82 Å². The van der Waals surface area contributed by atoms with Gasteiger partial charge in [-0.3, -0.25) is 9.78 Å². The fourth-order valence-corrected chi connectivity index (χ4v) is 1.82. The number of Topliss-reactive ketones (excluding diaryl/α,β-unsaturated/α-hetero) is 1. The van der Waals surface area contributed by atoms with E-state index in [2.05, 4.69) is 4.98 Å². The second-order valence-corrected chi connectivity index (χ2v) is 4.24. The van der Waals surface area contributed by atoms with Crippen molar-refractivity contribution in [3.8, 4) is 6.07 Å². The van der Waals surface area contributed by atoms with Gasteiger partial charge in [-0.05, 0) is 30.3 Å². The number of rotatable bonds is 3. The molecule has 94 valence electrons. The summed E-state index contributed by atoms with van der Waals surface area (Å²) in [5.41, 5.74) is 0.0825. The van der Waals surface area contributed by atoms with Gasteiger partial charge in [-0.25, -0.2) is 4.39 Å². The predicted molar refractivity (Wildman–Crippen MR) is 68.3 cm³/mol. The first kappa shape index (κ1) is 13.2. The van der Waals surface area contributed by atoms with Crippen molar-refractivity contribution in [2.75, 3.05) is 0 Å². The van der Waals surface area contributed by atoms with Gasteiger partial charge in [0, 0.05) is 11.2 Å². The molecule has 2 aromatic rings. The maximum absolute atomic E-state index is 13.6. The molecule has 0 radical (unpaired) electrons. The van der Waals surface area contributed by atoms with Crippen molar-refractivity contribution in [1.82, 2.24) is 4.98 Å². The summed E-state index contributed by atoms with van der Waals surface area (Å²) in [6.07, 6.45) is 1.47. The highest BCUT2D eigenvalue weighted by Gasteiger charge is 2.25. The zero-order valence-corrected chi connectivity index (χ0v) is 10.4. The minimum atomic E-state index is -1.14. The number of carbonyl (C=O) groups is 1. The summed E-state index contributed by atoms with van der Waals surface area (Å²) in [6.45, 7) is 0. The minimum Gasteiger partial charge on any atom is -0.292 e. The molecule has 1 aromatic carbocycles. The van der Waals surface area contributed by atoms with E-state index in [1.54, 1.807) is 18.2 Å². The van der Waals surface area contributed by atoms with Crippen LogP contribution < -0.4 is 0 Å². The van der Waals surface area contributed by atoms with Gasteiger partial charge in [-0.1, -0.05) is 17.7 Å². The number of hydrogen-bond acceptors (Lipinski definition) is 3. The summed E-state index contributed by atoms with van der Waals surface area (Å²) in [5.74, 6) is -2.50. The molecule has 0 N–H and O–H groups in total. The molecule has 0 bridgehead atoms. The van der Waals surface area contributed by atoms with E-state index < -0.39 is 17.5 Å². The molecule has 0 aliphatic heterocycles. The molecular formula is C14H8ClFN2O. The Bertz CT molecular complexity index is 652. The lowest BCUT2D eigenvalue weighted by Crippen LogP contribution is -2.14. The molecule has 3 nitrogen and oxygen atoms in total. The van der Waals surface area contributed by atoms with E-state index in [1.807, 2.05) is 6.07 Å². The molecule has 0 aliphatic carbocycles. The Kier molecular flexibility index (Phi) is 3.88. The van der Waals surface area contributed by atoms with Gasteiger partial charge in [-0.2, -0.15) is 5.26 Å². The molecule has 1 atom stereocenters. The van der Waals surface area contributed by atoms with Crippen LogP contribution in [0.1, 0.15) is 22.0 Å². The van der Waals surface area contributed by atoms with E-state index in [9.17, 15) is 9.18 Å². The molecule has 0 saturated carbocycles. The molecule has 0 saturated heterocycles. The van der Waals surface area contributed by atoms with Crippen molar-refractivity contribution in [2.45, 2.75) is 5.92 Å². The molecule has 0 spiro atoms. The van der Waals surface area contributed by atoms with Gasteiger partial charge in [0.15, 0.2) is 11.7 Å². The number of pyridine rings is 1. The van der Waals surface area contributed by atoms with Gasteiger partial charge in [0.2, 0.25) is 0 Å². The summed E-state index contributed by atoms with van der Waals surface area (Å²) in [6, 6.07) is 10.4. The van der Waals surface area contributed by atoms with Gasteiger partial charge >= 0.3 is 0 Å². The summed E-state index contributed by atoms with van der Waals surface area (Å²) < 4.78 is 13.6. The average molecular weight is 275 g/mol. The van der Waals surface area contributed by atoms with E-state index in [0.29, 0.717) is 0 Å². The molecule has 0 amide bonds. The van der Waals surface area contributed by atoms with Crippen molar-refractivity contribution in [3.63, 3.8) is 0 Å². The lowest BCUT2D eigenvalue weighted by atomic mass is 9.95. The second-order valence-electron chi connectivity index (χ2n) is 3.81. The third-order valence-corrected chi connectivity index (χ3v) is 2.80. The maximum Gasteiger partial charge on any atom is 0.189 e. The normalized spacial score (nSPS) is 11.6. The Morgan fingerprint density at radius 2 is 2.16 bits per heavy atom. The van der Waals surface area contributed by atoms with Crippen LogP contribution in [0.5, 0.6) is 0 Å². The number of hydrogen-bond donors (Lipinski definition) is 0. The van der Waals surface area contributed by atoms with Gasteiger partial charge in [-0.15, -0.1) is 0 Å². The fraction of sp³-hybridized carbons (Fsp3) is 0.0714. The zero-order chi connectivity index (χ0) is 13.8. The van der Waals surface area contributed by atoms with E-state index >= 15 is 0 Å². The number of ketones is 1. The lowest BCUT2D eigenvalue weighted by Gasteiger charge is -2.08. The fourth-order valence-electron chi connectivity index (χ4n) is 1.65. The SMILES string of the molecule is N#CC(C(=O)c1cc(Cl)ccc1F)c1ccccn1. The van der Waals surface area contributed by atoms with Crippen LogP contribution in [0.3, 0.4) is 0 Å². The number of nitriles is 1. The summed E-state index contributed by atoms with van der Waals surface area (Å²) in [4.78, 5) is 16.1. The zero-order valence-electron chi connectivity index (χ0n) is 9.68. The van der Waals surface area contributed by atoms with E-state index in [4.69, 9.17) is 16.9 Å². The van der Waals surface area contributed by atoms with E-state index in [0.717, 1.165) is 6.07 Å². The molecule has 0 fully saturated rings.